The van der Waals surface area contributed by atoms with Crippen LogP contribution in [0.5, 0.6) is 0 Å². The predicted molar refractivity (Wildman–Crippen MR) is 71.0 cm³/mol. The molecule has 1 saturated heterocycles. The predicted octanol–water partition coefficient (Wildman–Crippen LogP) is 0.833. The molecular weight excluding hydrogens is 214 g/mol. The first-order valence-electron chi connectivity index (χ1n) is 6.85. The smallest absolute Gasteiger partial charge is 0.237 e. The quantitative estimate of drug-likeness (QED) is 0.724. The standard InChI is InChI=1S/C13H27N3O/c1-4-15-13(17)11(2)16-9-6-12(7-10-16)5-8-14-3/h11-12,14H,4-10H2,1-3H3,(H,15,17). The fraction of sp³-hybridized carbons (Fsp3) is 0.923. The maximum atomic E-state index is 11.7. The van der Waals surface area contributed by atoms with Crippen molar-refractivity contribution in [3.05, 3.63) is 0 Å². The van der Waals surface area contributed by atoms with E-state index in [2.05, 4.69) is 15.5 Å². The summed E-state index contributed by atoms with van der Waals surface area (Å²) in [6, 6.07) is 0.0280. The van der Waals surface area contributed by atoms with Gasteiger partial charge in [-0.2, -0.15) is 0 Å². The van der Waals surface area contributed by atoms with Crippen LogP contribution in [-0.2, 0) is 4.79 Å². The van der Waals surface area contributed by atoms with Crippen molar-refractivity contribution in [3.63, 3.8) is 0 Å². The van der Waals surface area contributed by atoms with Crippen LogP contribution in [0.25, 0.3) is 0 Å². The normalized spacial score (nSPS) is 20.2. The van der Waals surface area contributed by atoms with Crippen LogP contribution in [0.15, 0.2) is 0 Å². The highest BCUT2D eigenvalue weighted by atomic mass is 16.2. The lowest BCUT2D eigenvalue weighted by molar-refractivity contribution is -0.126. The molecule has 1 amide bonds. The van der Waals surface area contributed by atoms with Gasteiger partial charge in [0.05, 0.1) is 6.04 Å². The highest BCUT2D eigenvalue weighted by Crippen LogP contribution is 2.21. The molecule has 1 aliphatic rings. The third-order valence-electron chi connectivity index (χ3n) is 3.73. The minimum absolute atomic E-state index is 0.0280. The molecule has 1 heterocycles. The molecule has 0 aliphatic carbocycles. The summed E-state index contributed by atoms with van der Waals surface area (Å²) in [6.45, 7) is 7.94. The van der Waals surface area contributed by atoms with Gasteiger partial charge in [0.25, 0.3) is 0 Å². The van der Waals surface area contributed by atoms with E-state index in [4.69, 9.17) is 0 Å². The number of carbonyl (C=O) groups excluding carboxylic acids is 1. The van der Waals surface area contributed by atoms with Crippen molar-refractivity contribution in [2.24, 2.45) is 5.92 Å². The highest BCUT2D eigenvalue weighted by molar-refractivity contribution is 5.81. The van der Waals surface area contributed by atoms with Crippen molar-refractivity contribution in [3.8, 4) is 0 Å². The molecule has 0 radical (unpaired) electrons. The van der Waals surface area contributed by atoms with E-state index in [0.29, 0.717) is 0 Å². The third kappa shape index (κ3) is 4.64. The zero-order valence-corrected chi connectivity index (χ0v) is 11.5. The van der Waals surface area contributed by atoms with Crippen molar-refractivity contribution in [2.75, 3.05) is 33.2 Å². The second-order valence-electron chi connectivity index (χ2n) is 4.94. The number of rotatable bonds is 6. The molecule has 2 N–H and O–H groups in total. The van der Waals surface area contributed by atoms with Crippen molar-refractivity contribution in [1.29, 1.82) is 0 Å². The molecule has 0 saturated carbocycles. The zero-order valence-electron chi connectivity index (χ0n) is 11.5. The minimum Gasteiger partial charge on any atom is -0.355 e. The van der Waals surface area contributed by atoms with Crippen LogP contribution in [0.4, 0.5) is 0 Å². The molecule has 1 rings (SSSR count). The van der Waals surface area contributed by atoms with Crippen LogP contribution in [0.1, 0.15) is 33.1 Å². The van der Waals surface area contributed by atoms with E-state index >= 15 is 0 Å². The molecule has 4 heteroatoms. The van der Waals surface area contributed by atoms with Crippen LogP contribution in [0.3, 0.4) is 0 Å². The Bertz CT molecular complexity index is 225. The summed E-state index contributed by atoms with van der Waals surface area (Å²) in [5.74, 6) is 1.00. The van der Waals surface area contributed by atoms with Gasteiger partial charge in [0.2, 0.25) is 5.91 Å². The molecular formula is C13H27N3O. The average Bonchev–Trinajstić information content (AvgIpc) is 2.36. The molecule has 0 aromatic rings. The molecule has 4 nitrogen and oxygen atoms in total. The maximum absolute atomic E-state index is 11.7. The second kappa shape index (κ2) is 7.67. The third-order valence-corrected chi connectivity index (χ3v) is 3.73. The molecule has 1 atom stereocenters. The Labute approximate surface area is 105 Å². The summed E-state index contributed by atoms with van der Waals surface area (Å²) in [5.41, 5.74) is 0. The fourth-order valence-corrected chi connectivity index (χ4v) is 2.47. The topological polar surface area (TPSA) is 44.4 Å². The summed E-state index contributed by atoms with van der Waals surface area (Å²) in [4.78, 5) is 14.0. The first-order valence-corrected chi connectivity index (χ1v) is 6.85. The van der Waals surface area contributed by atoms with Gasteiger partial charge in [-0.1, -0.05) is 0 Å². The highest BCUT2D eigenvalue weighted by Gasteiger charge is 2.25. The SMILES string of the molecule is CCNC(=O)C(C)N1CCC(CCNC)CC1. The first-order chi connectivity index (χ1) is 8.19. The van der Waals surface area contributed by atoms with E-state index in [0.717, 1.165) is 32.1 Å². The zero-order chi connectivity index (χ0) is 12.7. The van der Waals surface area contributed by atoms with E-state index in [1.165, 1.54) is 19.3 Å². The van der Waals surface area contributed by atoms with Gasteiger partial charge in [0, 0.05) is 6.54 Å². The van der Waals surface area contributed by atoms with Crippen LogP contribution >= 0.6 is 0 Å². The van der Waals surface area contributed by atoms with Gasteiger partial charge in [-0.15, -0.1) is 0 Å². The van der Waals surface area contributed by atoms with Gasteiger partial charge in [-0.25, -0.2) is 0 Å². The lowest BCUT2D eigenvalue weighted by Gasteiger charge is -2.35. The molecule has 0 bridgehead atoms. The fourth-order valence-electron chi connectivity index (χ4n) is 2.47. The maximum Gasteiger partial charge on any atom is 0.237 e. The van der Waals surface area contributed by atoms with Gasteiger partial charge in [-0.3, -0.25) is 9.69 Å². The summed E-state index contributed by atoms with van der Waals surface area (Å²) in [7, 11) is 2.01. The monoisotopic (exact) mass is 241 g/mol. The minimum atomic E-state index is 0.0280. The Balaban J connectivity index is 2.28. The number of hydrogen-bond donors (Lipinski definition) is 2. The van der Waals surface area contributed by atoms with Gasteiger partial charge in [0.15, 0.2) is 0 Å². The van der Waals surface area contributed by atoms with Crippen LogP contribution in [0, 0.1) is 5.92 Å². The number of likely N-dealkylation sites (N-methyl/N-ethyl adjacent to an activating group) is 1. The van der Waals surface area contributed by atoms with Crippen molar-refractivity contribution in [2.45, 2.75) is 39.2 Å². The summed E-state index contributed by atoms with van der Waals surface area (Å²) in [6.07, 6.45) is 3.72. The molecule has 17 heavy (non-hydrogen) atoms. The number of amides is 1. The second-order valence-corrected chi connectivity index (χ2v) is 4.94. The number of nitrogens with one attached hydrogen (secondary N) is 2. The Morgan fingerprint density at radius 2 is 2.06 bits per heavy atom. The van der Waals surface area contributed by atoms with Gasteiger partial charge >= 0.3 is 0 Å². The number of likely N-dealkylation sites (tertiary alicyclic amines) is 1. The number of piperidine rings is 1. The Hall–Kier alpha value is -0.610. The summed E-state index contributed by atoms with van der Waals surface area (Å²) < 4.78 is 0. The van der Waals surface area contributed by atoms with Crippen molar-refractivity contribution in [1.82, 2.24) is 15.5 Å². The summed E-state index contributed by atoms with van der Waals surface area (Å²) >= 11 is 0. The Morgan fingerprint density at radius 1 is 1.41 bits per heavy atom. The summed E-state index contributed by atoms with van der Waals surface area (Å²) in [5, 5.41) is 6.10. The Kier molecular flexibility index (Phi) is 6.52. The van der Waals surface area contributed by atoms with E-state index in [9.17, 15) is 4.79 Å². The average molecular weight is 241 g/mol. The molecule has 0 aromatic heterocycles. The van der Waals surface area contributed by atoms with E-state index in [1.54, 1.807) is 0 Å². The number of nitrogens with zero attached hydrogens (tertiary/aromatic N) is 1. The largest absolute Gasteiger partial charge is 0.355 e. The molecule has 0 spiro atoms. The lowest BCUT2D eigenvalue weighted by Crippen LogP contribution is -2.48. The molecule has 100 valence electrons. The molecule has 1 fully saturated rings. The van der Waals surface area contributed by atoms with Gasteiger partial charge in [-0.05, 0) is 65.7 Å². The Morgan fingerprint density at radius 3 is 2.59 bits per heavy atom. The molecule has 1 unspecified atom stereocenters. The number of hydrogen-bond acceptors (Lipinski definition) is 3. The number of carbonyl (C=O) groups is 1. The van der Waals surface area contributed by atoms with Crippen LogP contribution in [-0.4, -0.2) is 50.1 Å². The van der Waals surface area contributed by atoms with Crippen LogP contribution in [0.2, 0.25) is 0 Å². The van der Waals surface area contributed by atoms with Gasteiger partial charge < -0.3 is 10.6 Å². The lowest BCUT2D eigenvalue weighted by atomic mass is 9.93. The van der Waals surface area contributed by atoms with Crippen LogP contribution < -0.4 is 10.6 Å². The first kappa shape index (κ1) is 14.5. The van der Waals surface area contributed by atoms with E-state index in [1.807, 2.05) is 20.9 Å². The van der Waals surface area contributed by atoms with Crippen molar-refractivity contribution >= 4 is 5.91 Å². The molecule has 0 aromatic carbocycles. The van der Waals surface area contributed by atoms with Crippen molar-refractivity contribution < 1.29 is 4.79 Å². The van der Waals surface area contributed by atoms with Gasteiger partial charge in [0.1, 0.15) is 0 Å². The molecule has 1 aliphatic heterocycles. The van der Waals surface area contributed by atoms with E-state index in [-0.39, 0.29) is 11.9 Å². The van der Waals surface area contributed by atoms with E-state index < -0.39 is 0 Å².